The minimum atomic E-state index is 0.546. The highest BCUT2D eigenvalue weighted by Gasteiger charge is 2.25. The van der Waals surface area contributed by atoms with Crippen molar-refractivity contribution in [3.05, 3.63) is 0 Å². The Morgan fingerprint density at radius 3 is 2.62 bits per heavy atom. The molecule has 3 nitrogen and oxygen atoms in total. The van der Waals surface area contributed by atoms with Crippen molar-refractivity contribution in [1.29, 1.82) is 0 Å². The zero-order valence-electron chi connectivity index (χ0n) is 10.8. The van der Waals surface area contributed by atoms with Crippen molar-refractivity contribution in [3.63, 3.8) is 0 Å². The second-order valence-electron chi connectivity index (χ2n) is 5.64. The molecule has 0 bridgehead atoms. The largest absolute Gasteiger partial charge is 0.381 e. The lowest BCUT2D eigenvalue weighted by Crippen LogP contribution is -2.94. The van der Waals surface area contributed by atoms with Crippen LogP contribution in [0.2, 0.25) is 0 Å². The van der Waals surface area contributed by atoms with E-state index in [0.717, 1.165) is 12.0 Å². The highest BCUT2D eigenvalue weighted by atomic mass is 16.5. The van der Waals surface area contributed by atoms with E-state index < -0.39 is 0 Å². The molecule has 0 aromatic heterocycles. The van der Waals surface area contributed by atoms with Crippen molar-refractivity contribution in [2.75, 3.05) is 33.3 Å². The van der Waals surface area contributed by atoms with Gasteiger partial charge in [-0.1, -0.05) is 0 Å². The van der Waals surface area contributed by atoms with E-state index >= 15 is 0 Å². The second-order valence-corrected chi connectivity index (χ2v) is 5.64. The summed E-state index contributed by atoms with van der Waals surface area (Å²) in [6, 6.07) is 0.795. The lowest BCUT2D eigenvalue weighted by Gasteiger charge is -2.35. The van der Waals surface area contributed by atoms with E-state index in [2.05, 4.69) is 17.1 Å². The fourth-order valence-corrected chi connectivity index (χ4v) is 3.20. The molecule has 1 saturated heterocycles. The highest BCUT2D eigenvalue weighted by molar-refractivity contribution is 4.76. The van der Waals surface area contributed by atoms with Crippen LogP contribution in [0, 0.1) is 5.92 Å². The first-order valence-electron chi connectivity index (χ1n) is 6.86. The molecule has 1 heterocycles. The summed E-state index contributed by atoms with van der Waals surface area (Å²) >= 11 is 0. The van der Waals surface area contributed by atoms with Crippen LogP contribution in [0.4, 0.5) is 0 Å². The molecule has 1 saturated carbocycles. The summed E-state index contributed by atoms with van der Waals surface area (Å²) in [6.07, 6.45) is 5.83. The Morgan fingerprint density at radius 2 is 2.00 bits per heavy atom. The molecule has 3 heteroatoms. The van der Waals surface area contributed by atoms with Crippen molar-refractivity contribution in [1.82, 2.24) is 4.90 Å². The van der Waals surface area contributed by atoms with Crippen LogP contribution in [0.1, 0.15) is 32.6 Å². The van der Waals surface area contributed by atoms with Crippen LogP contribution in [0.3, 0.4) is 0 Å². The van der Waals surface area contributed by atoms with Gasteiger partial charge in [-0.3, -0.25) is 4.90 Å². The SMILES string of the molecule is COC1CCC(CN2CC[NH2+]C(C)C2)CC1. The van der Waals surface area contributed by atoms with Crippen LogP contribution in [-0.2, 0) is 4.74 Å². The van der Waals surface area contributed by atoms with Gasteiger partial charge in [0.25, 0.3) is 0 Å². The smallest absolute Gasteiger partial charge is 0.0959 e. The number of nitrogens with zero attached hydrogens (tertiary/aromatic N) is 1. The third-order valence-electron chi connectivity index (χ3n) is 4.20. The van der Waals surface area contributed by atoms with Crippen molar-refractivity contribution in [3.8, 4) is 0 Å². The molecular formula is C13H27N2O+. The lowest BCUT2D eigenvalue weighted by atomic mass is 9.87. The molecule has 0 radical (unpaired) electrons. The molecule has 2 rings (SSSR count). The molecule has 2 fully saturated rings. The summed E-state index contributed by atoms with van der Waals surface area (Å²) in [5, 5.41) is 2.47. The van der Waals surface area contributed by atoms with Crippen LogP contribution < -0.4 is 5.32 Å². The molecule has 2 aliphatic rings. The van der Waals surface area contributed by atoms with Crippen LogP contribution >= 0.6 is 0 Å². The predicted molar refractivity (Wildman–Crippen MR) is 65.4 cm³/mol. The number of methoxy groups -OCH3 is 1. The summed E-state index contributed by atoms with van der Waals surface area (Å²) in [6.45, 7) is 7.52. The molecule has 94 valence electrons. The number of rotatable bonds is 3. The van der Waals surface area contributed by atoms with E-state index in [1.54, 1.807) is 0 Å². The van der Waals surface area contributed by atoms with E-state index in [1.165, 1.54) is 51.9 Å². The normalized spacial score (nSPS) is 37.5. The van der Waals surface area contributed by atoms with Crippen LogP contribution in [-0.4, -0.2) is 50.3 Å². The molecule has 0 aromatic carbocycles. The van der Waals surface area contributed by atoms with Gasteiger partial charge in [-0.25, -0.2) is 0 Å². The average molecular weight is 227 g/mol. The molecule has 16 heavy (non-hydrogen) atoms. The topological polar surface area (TPSA) is 29.1 Å². The van der Waals surface area contributed by atoms with E-state index in [0.29, 0.717) is 6.10 Å². The molecule has 1 aliphatic heterocycles. The van der Waals surface area contributed by atoms with Crippen molar-refractivity contribution >= 4 is 0 Å². The number of quaternary nitrogens is 1. The van der Waals surface area contributed by atoms with Gasteiger partial charge in [-0.15, -0.1) is 0 Å². The van der Waals surface area contributed by atoms with Gasteiger partial charge >= 0.3 is 0 Å². The average Bonchev–Trinajstić information content (AvgIpc) is 2.30. The number of piperazine rings is 1. The summed E-state index contributed by atoms with van der Waals surface area (Å²) in [4.78, 5) is 2.67. The summed E-state index contributed by atoms with van der Waals surface area (Å²) in [7, 11) is 1.85. The van der Waals surface area contributed by atoms with E-state index in [9.17, 15) is 0 Å². The van der Waals surface area contributed by atoms with Gasteiger partial charge in [0.05, 0.1) is 25.2 Å². The Hall–Kier alpha value is -0.120. The zero-order valence-corrected chi connectivity index (χ0v) is 10.8. The first kappa shape index (κ1) is 12.3. The minimum absolute atomic E-state index is 0.546. The predicted octanol–water partition coefficient (Wildman–Crippen LogP) is 0.459. The first-order chi connectivity index (χ1) is 7.78. The van der Waals surface area contributed by atoms with Gasteiger partial charge in [-0.05, 0) is 38.5 Å². The first-order valence-corrected chi connectivity index (χ1v) is 6.86. The Kier molecular flexibility index (Phi) is 4.62. The van der Waals surface area contributed by atoms with Crippen LogP contribution in [0.15, 0.2) is 0 Å². The van der Waals surface area contributed by atoms with E-state index in [1.807, 2.05) is 7.11 Å². The highest BCUT2D eigenvalue weighted by Crippen LogP contribution is 2.26. The molecule has 2 N–H and O–H groups in total. The van der Waals surface area contributed by atoms with Crippen LogP contribution in [0.5, 0.6) is 0 Å². The summed E-state index contributed by atoms with van der Waals surface area (Å²) < 4.78 is 5.43. The van der Waals surface area contributed by atoms with Gasteiger partial charge in [-0.2, -0.15) is 0 Å². The lowest BCUT2D eigenvalue weighted by molar-refractivity contribution is -0.694. The molecule has 0 spiro atoms. The van der Waals surface area contributed by atoms with Gasteiger partial charge in [0.15, 0.2) is 0 Å². The summed E-state index contributed by atoms with van der Waals surface area (Å²) in [5.74, 6) is 0.927. The van der Waals surface area contributed by atoms with Crippen molar-refractivity contribution < 1.29 is 10.1 Å². The van der Waals surface area contributed by atoms with Crippen molar-refractivity contribution in [2.24, 2.45) is 5.92 Å². The van der Waals surface area contributed by atoms with Gasteiger partial charge in [0, 0.05) is 20.2 Å². The maximum atomic E-state index is 5.43. The fraction of sp³-hybridized carbons (Fsp3) is 1.00. The third-order valence-corrected chi connectivity index (χ3v) is 4.20. The Bertz CT molecular complexity index is 202. The monoisotopic (exact) mass is 227 g/mol. The third kappa shape index (κ3) is 3.44. The molecular weight excluding hydrogens is 200 g/mol. The number of ether oxygens (including phenoxy) is 1. The van der Waals surface area contributed by atoms with Crippen molar-refractivity contribution in [2.45, 2.75) is 44.8 Å². The van der Waals surface area contributed by atoms with Gasteiger partial charge in [0.2, 0.25) is 0 Å². The summed E-state index contributed by atoms with van der Waals surface area (Å²) in [5.41, 5.74) is 0. The van der Waals surface area contributed by atoms with E-state index in [4.69, 9.17) is 4.74 Å². The number of nitrogens with two attached hydrogens (primary N) is 1. The van der Waals surface area contributed by atoms with Crippen LogP contribution in [0.25, 0.3) is 0 Å². The van der Waals surface area contributed by atoms with E-state index in [-0.39, 0.29) is 0 Å². The number of hydrogen-bond donors (Lipinski definition) is 1. The minimum Gasteiger partial charge on any atom is -0.381 e. The maximum Gasteiger partial charge on any atom is 0.0959 e. The maximum absolute atomic E-state index is 5.43. The Labute approximate surface area is 99.5 Å². The molecule has 1 unspecified atom stereocenters. The number of hydrogen-bond acceptors (Lipinski definition) is 2. The Balaban J connectivity index is 1.69. The van der Waals surface area contributed by atoms with Gasteiger partial charge < -0.3 is 10.1 Å². The molecule has 0 aromatic rings. The van der Waals surface area contributed by atoms with Gasteiger partial charge in [0.1, 0.15) is 0 Å². The molecule has 1 atom stereocenters. The quantitative estimate of drug-likeness (QED) is 0.759. The fourth-order valence-electron chi connectivity index (χ4n) is 3.20. The standard InChI is InChI=1S/C13H26N2O/c1-11-9-15(8-7-14-11)10-12-3-5-13(16-2)6-4-12/h11-14H,3-10H2,1-2H3/p+1. The second kappa shape index (κ2) is 5.99. The Morgan fingerprint density at radius 1 is 1.25 bits per heavy atom. The molecule has 0 amide bonds. The molecule has 1 aliphatic carbocycles. The zero-order chi connectivity index (χ0) is 11.4.